The van der Waals surface area contributed by atoms with Crippen LogP contribution in [0.2, 0.25) is 0 Å². The zero-order valence-electron chi connectivity index (χ0n) is 13.0. The lowest BCUT2D eigenvalue weighted by Gasteiger charge is -2.19. The fourth-order valence-electron chi connectivity index (χ4n) is 2.96. The average Bonchev–Trinajstić information content (AvgIpc) is 2.93. The first kappa shape index (κ1) is 14.9. The lowest BCUT2D eigenvalue weighted by atomic mass is 10.0. The summed E-state index contributed by atoms with van der Waals surface area (Å²) in [4.78, 5) is 15.5. The van der Waals surface area contributed by atoms with Crippen LogP contribution in [-0.2, 0) is 11.3 Å². The Balaban J connectivity index is 1.54. The molecule has 0 unspecified atom stereocenters. The number of benzene rings is 2. The molecule has 2 aromatic rings. The third kappa shape index (κ3) is 3.39. The largest absolute Gasteiger partial charge is 0.448 e. The van der Waals surface area contributed by atoms with Gasteiger partial charge in [0.2, 0.25) is 0 Å². The van der Waals surface area contributed by atoms with Gasteiger partial charge in [0.25, 0.3) is 0 Å². The third-order valence-electron chi connectivity index (χ3n) is 4.13. The van der Waals surface area contributed by atoms with Crippen LogP contribution in [0.25, 0.3) is 10.8 Å². The topological polar surface area (TPSA) is 32.8 Å². The number of hydrogen-bond donors (Lipinski definition) is 0. The average molecular weight is 298 g/mol. The van der Waals surface area contributed by atoms with E-state index < -0.39 is 0 Å². The number of hydrogen-bond acceptors (Lipinski definition) is 3. The summed E-state index contributed by atoms with van der Waals surface area (Å²) in [5.74, 6) is 0. The molecule has 4 heteroatoms. The van der Waals surface area contributed by atoms with Gasteiger partial charge in [-0.05, 0) is 36.3 Å². The molecule has 3 rings (SSSR count). The second-order valence-corrected chi connectivity index (χ2v) is 5.83. The number of rotatable bonds is 6. The monoisotopic (exact) mass is 298 g/mol. The van der Waals surface area contributed by atoms with E-state index in [0.717, 1.165) is 32.6 Å². The van der Waals surface area contributed by atoms with Gasteiger partial charge in [0.15, 0.2) is 0 Å². The van der Waals surface area contributed by atoms with Gasteiger partial charge in [0, 0.05) is 13.1 Å². The predicted molar refractivity (Wildman–Crippen MR) is 87.8 cm³/mol. The van der Waals surface area contributed by atoms with Crippen molar-refractivity contribution < 1.29 is 9.53 Å². The van der Waals surface area contributed by atoms with Gasteiger partial charge in [0.05, 0.1) is 6.54 Å². The van der Waals surface area contributed by atoms with Crippen LogP contribution < -0.4 is 0 Å². The molecule has 1 aliphatic rings. The number of nitrogens with zero attached hydrogens (tertiary/aromatic N) is 2. The quantitative estimate of drug-likeness (QED) is 0.821. The van der Waals surface area contributed by atoms with Crippen molar-refractivity contribution in [2.45, 2.75) is 13.0 Å². The fourth-order valence-corrected chi connectivity index (χ4v) is 2.96. The van der Waals surface area contributed by atoms with E-state index in [1.54, 1.807) is 4.90 Å². The Labute approximate surface area is 131 Å². The molecule has 116 valence electrons. The smallest absolute Gasteiger partial charge is 0.409 e. The van der Waals surface area contributed by atoms with E-state index in [-0.39, 0.29) is 6.09 Å². The molecule has 1 heterocycles. The van der Waals surface area contributed by atoms with Crippen LogP contribution in [0.3, 0.4) is 0 Å². The van der Waals surface area contributed by atoms with E-state index in [1.165, 1.54) is 16.3 Å². The minimum Gasteiger partial charge on any atom is -0.448 e. The van der Waals surface area contributed by atoms with Gasteiger partial charge in [-0.1, -0.05) is 42.5 Å². The van der Waals surface area contributed by atoms with E-state index in [4.69, 9.17) is 4.74 Å². The molecular weight excluding hydrogens is 276 g/mol. The molecule has 0 saturated carbocycles. The van der Waals surface area contributed by atoms with Crippen LogP contribution in [0.1, 0.15) is 12.0 Å². The second kappa shape index (κ2) is 6.79. The highest BCUT2D eigenvalue weighted by Gasteiger charge is 2.20. The summed E-state index contributed by atoms with van der Waals surface area (Å²) >= 11 is 0. The first-order valence-electron chi connectivity index (χ1n) is 7.81. The maximum absolute atomic E-state index is 11.4. The van der Waals surface area contributed by atoms with Gasteiger partial charge in [-0.2, -0.15) is 0 Å². The summed E-state index contributed by atoms with van der Waals surface area (Å²) in [6.07, 6.45) is 0.799. The molecule has 1 saturated heterocycles. The number of amides is 1. The zero-order valence-corrected chi connectivity index (χ0v) is 13.0. The number of ether oxygens (including phenoxy) is 1. The van der Waals surface area contributed by atoms with Gasteiger partial charge < -0.3 is 14.5 Å². The van der Waals surface area contributed by atoms with Crippen LogP contribution in [0.4, 0.5) is 4.79 Å². The second-order valence-electron chi connectivity index (χ2n) is 5.83. The summed E-state index contributed by atoms with van der Waals surface area (Å²) in [5, 5.41) is 2.60. The highest BCUT2D eigenvalue weighted by molar-refractivity contribution is 5.85. The molecule has 1 amide bonds. The molecule has 0 radical (unpaired) electrons. The van der Waals surface area contributed by atoms with Crippen molar-refractivity contribution >= 4 is 16.9 Å². The van der Waals surface area contributed by atoms with Gasteiger partial charge in [-0.3, -0.25) is 0 Å². The van der Waals surface area contributed by atoms with Gasteiger partial charge in [-0.15, -0.1) is 0 Å². The van der Waals surface area contributed by atoms with Crippen LogP contribution in [0.5, 0.6) is 0 Å². The van der Waals surface area contributed by atoms with Crippen molar-refractivity contribution in [3.05, 3.63) is 48.0 Å². The predicted octanol–water partition coefficient (Wildman–Crippen LogP) is 3.11. The molecule has 0 bridgehead atoms. The molecule has 0 N–H and O–H groups in total. The molecule has 1 aliphatic heterocycles. The van der Waals surface area contributed by atoms with Crippen molar-refractivity contribution in [1.29, 1.82) is 0 Å². The Bertz CT molecular complexity index is 651. The molecule has 0 aliphatic carbocycles. The Morgan fingerprint density at radius 3 is 2.82 bits per heavy atom. The first-order chi connectivity index (χ1) is 10.7. The highest BCUT2D eigenvalue weighted by Crippen LogP contribution is 2.19. The Kier molecular flexibility index (Phi) is 4.59. The molecule has 4 nitrogen and oxygen atoms in total. The van der Waals surface area contributed by atoms with Crippen molar-refractivity contribution in [1.82, 2.24) is 9.80 Å². The molecule has 1 fully saturated rings. The van der Waals surface area contributed by atoms with E-state index in [1.807, 2.05) is 0 Å². The van der Waals surface area contributed by atoms with Crippen molar-refractivity contribution in [3.63, 3.8) is 0 Å². The standard InChI is InChI=1S/C18H22N2O2/c1-19(10-5-11-20-12-13-22-18(20)21)14-16-8-4-7-15-6-2-3-9-17(15)16/h2-4,6-9H,5,10-14H2,1H3. The molecule has 0 atom stereocenters. The summed E-state index contributed by atoms with van der Waals surface area (Å²) in [6, 6.07) is 15.0. The molecule has 0 spiro atoms. The SMILES string of the molecule is CN(CCCN1CCOC1=O)Cc1cccc2ccccc12. The fraction of sp³-hybridized carbons (Fsp3) is 0.389. The Morgan fingerprint density at radius 1 is 1.18 bits per heavy atom. The minimum absolute atomic E-state index is 0.170. The minimum atomic E-state index is -0.170. The van der Waals surface area contributed by atoms with Crippen LogP contribution >= 0.6 is 0 Å². The van der Waals surface area contributed by atoms with Gasteiger partial charge in [0.1, 0.15) is 6.61 Å². The molecule has 0 aromatic heterocycles. The zero-order chi connectivity index (χ0) is 15.4. The lowest BCUT2D eigenvalue weighted by Crippen LogP contribution is -2.28. The van der Waals surface area contributed by atoms with Crippen molar-refractivity contribution in [2.75, 3.05) is 33.3 Å². The summed E-state index contributed by atoms with van der Waals surface area (Å²) in [5.41, 5.74) is 1.35. The summed E-state index contributed by atoms with van der Waals surface area (Å²) in [7, 11) is 2.13. The Hall–Kier alpha value is -2.07. The Morgan fingerprint density at radius 2 is 2.00 bits per heavy atom. The molecular formula is C18H22N2O2. The van der Waals surface area contributed by atoms with Crippen LogP contribution in [-0.4, -0.2) is 49.2 Å². The summed E-state index contributed by atoms with van der Waals surface area (Å²) in [6.45, 7) is 3.92. The number of carbonyl (C=O) groups is 1. The van der Waals surface area contributed by atoms with Crippen LogP contribution in [0.15, 0.2) is 42.5 Å². The molecule has 2 aromatic carbocycles. The van der Waals surface area contributed by atoms with E-state index >= 15 is 0 Å². The van der Waals surface area contributed by atoms with E-state index in [2.05, 4.69) is 54.4 Å². The van der Waals surface area contributed by atoms with E-state index in [9.17, 15) is 4.79 Å². The first-order valence-corrected chi connectivity index (χ1v) is 7.81. The number of carbonyl (C=O) groups excluding carboxylic acids is 1. The summed E-state index contributed by atoms with van der Waals surface area (Å²) < 4.78 is 4.94. The van der Waals surface area contributed by atoms with E-state index in [0.29, 0.717) is 6.61 Å². The molecule has 22 heavy (non-hydrogen) atoms. The normalized spacial score (nSPS) is 14.8. The maximum atomic E-state index is 11.4. The maximum Gasteiger partial charge on any atom is 0.409 e. The van der Waals surface area contributed by atoms with Crippen molar-refractivity contribution in [2.24, 2.45) is 0 Å². The van der Waals surface area contributed by atoms with Gasteiger partial charge >= 0.3 is 6.09 Å². The highest BCUT2D eigenvalue weighted by atomic mass is 16.6. The number of fused-ring (bicyclic) bond motifs is 1. The van der Waals surface area contributed by atoms with Gasteiger partial charge in [-0.25, -0.2) is 4.79 Å². The number of cyclic esters (lactones) is 1. The van der Waals surface area contributed by atoms with Crippen molar-refractivity contribution in [3.8, 4) is 0 Å². The third-order valence-corrected chi connectivity index (χ3v) is 4.13. The van der Waals surface area contributed by atoms with Crippen LogP contribution in [0, 0.1) is 0 Å². The lowest BCUT2D eigenvalue weighted by molar-refractivity contribution is 0.157.